The maximum atomic E-state index is 13.7. The molecule has 0 bridgehead atoms. The fourth-order valence-corrected chi connectivity index (χ4v) is 3.33. The highest BCUT2D eigenvalue weighted by atomic mass is 19.1. The summed E-state index contributed by atoms with van der Waals surface area (Å²) in [5.74, 6) is -0.494. The number of amides is 2. The Labute approximate surface area is 158 Å². The number of halogens is 1. The third kappa shape index (κ3) is 5.14. The maximum Gasteiger partial charge on any atom is 0.251 e. The summed E-state index contributed by atoms with van der Waals surface area (Å²) in [4.78, 5) is 26.4. The van der Waals surface area contributed by atoms with E-state index in [-0.39, 0.29) is 30.1 Å². The summed E-state index contributed by atoms with van der Waals surface area (Å²) in [6.45, 7) is 1.06. The van der Waals surface area contributed by atoms with Crippen molar-refractivity contribution in [3.63, 3.8) is 0 Å². The van der Waals surface area contributed by atoms with E-state index in [4.69, 9.17) is 5.73 Å². The fourth-order valence-electron chi connectivity index (χ4n) is 3.33. The van der Waals surface area contributed by atoms with Gasteiger partial charge in [0.25, 0.3) is 5.91 Å². The van der Waals surface area contributed by atoms with Gasteiger partial charge in [0.15, 0.2) is 0 Å². The number of hydrogen-bond donors (Lipinski definition) is 2. The molecule has 3 rings (SSSR count). The molecule has 6 heteroatoms. The largest absolute Gasteiger partial charge is 0.347 e. The Morgan fingerprint density at radius 3 is 2.59 bits per heavy atom. The minimum atomic E-state index is -0.438. The van der Waals surface area contributed by atoms with Crippen molar-refractivity contribution in [3.05, 3.63) is 71.5 Å². The van der Waals surface area contributed by atoms with Crippen molar-refractivity contribution in [3.8, 4) is 0 Å². The molecule has 5 nitrogen and oxygen atoms in total. The number of nitrogens with two attached hydrogens (primary N) is 1. The van der Waals surface area contributed by atoms with Gasteiger partial charge < -0.3 is 16.0 Å². The number of carbonyl (C=O) groups excluding carboxylic acids is 2. The van der Waals surface area contributed by atoms with Crippen LogP contribution < -0.4 is 11.1 Å². The van der Waals surface area contributed by atoms with Crippen LogP contribution in [0.1, 0.15) is 28.8 Å². The van der Waals surface area contributed by atoms with Crippen LogP contribution in [0.2, 0.25) is 0 Å². The number of carbonyl (C=O) groups is 2. The van der Waals surface area contributed by atoms with Crippen LogP contribution in [0.25, 0.3) is 0 Å². The molecule has 1 saturated heterocycles. The zero-order valence-electron chi connectivity index (χ0n) is 15.1. The molecule has 1 heterocycles. The van der Waals surface area contributed by atoms with Gasteiger partial charge in [0.2, 0.25) is 5.91 Å². The quantitative estimate of drug-likeness (QED) is 0.819. The molecule has 2 aromatic carbocycles. The first-order chi connectivity index (χ1) is 13.0. The summed E-state index contributed by atoms with van der Waals surface area (Å²) in [5, 5.41) is 2.97. The predicted molar refractivity (Wildman–Crippen MR) is 102 cm³/mol. The lowest BCUT2D eigenvalue weighted by Gasteiger charge is -2.20. The Morgan fingerprint density at radius 1 is 1.15 bits per heavy atom. The average Bonchev–Trinajstić information content (AvgIpc) is 3.13. The van der Waals surface area contributed by atoms with Gasteiger partial charge in [-0.2, -0.15) is 0 Å². The normalized spacial score (nSPS) is 17.6. The fraction of sp³-hybridized carbons (Fsp3) is 0.333. The molecule has 0 spiro atoms. The molecule has 0 aromatic heterocycles. The van der Waals surface area contributed by atoms with Crippen LogP contribution in [0, 0.1) is 5.82 Å². The second kappa shape index (κ2) is 8.77. The minimum absolute atomic E-state index is 0.0599. The predicted octanol–water partition coefficient (Wildman–Crippen LogP) is 2.12. The molecule has 0 unspecified atom stereocenters. The highest BCUT2D eigenvalue weighted by Crippen LogP contribution is 2.14. The third-order valence-corrected chi connectivity index (χ3v) is 4.79. The zero-order chi connectivity index (χ0) is 19.2. The van der Waals surface area contributed by atoms with Crippen molar-refractivity contribution in [1.82, 2.24) is 10.2 Å². The Kier molecular flexibility index (Phi) is 6.19. The molecule has 1 aliphatic rings. The summed E-state index contributed by atoms with van der Waals surface area (Å²) >= 11 is 0. The zero-order valence-corrected chi connectivity index (χ0v) is 15.1. The topological polar surface area (TPSA) is 75.4 Å². The molecule has 1 fully saturated rings. The van der Waals surface area contributed by atoms with Crippen LogP contribution in [0.5, 0.6) is 0 Å². The van der Waals surface area contributed by atoms with Crippen molar-refractivity contribution in [2.45, 2.75) is 31.3 Å². The summed E-state index contributed by atoms with van der Waals surface area (Å²) in [5.41, 5.74) is 7.18. The summed E-state index contributed by atoms with van der Waals surface area (Å²) < 4.78 is 13.7. The summed E-state index contributed by atoms with van der Waals surface area (Å²) in [7, 11) is 0. The van der Waals surface area contributed by atoms with Crippen LogP contribution in [-0.4, -0.2) is 41.9 Å². The smallest absolute Gasteiger partial charge is 0.251 e. The van der Waals surface area contributed by atoms with Gasteiger partial charge in [0, 0.05) is 37.2 Å². The Morgan fingerprint density at radius 2 is 1.85 bits per heavy atom. The number of benzene rings is 2. The van der Waals surface area contributed by atoms with Crippen LogP contribution in [0.4, 0.5) is 4.39 Å². The van der Waals surface area contributed by atoms with E-state index >= 15 is 0 Å². The molecule has 2 atom stereocenters. The van der Waals surface area contributed by atoms with Crippen LogP contribution in [0.15, 0.2) is 54.6 Å². The van der Waals surface area contributed by atoms with Gasteiger partial charge in [-0.05, 0) is 36.6 Å². The van der Waals surface area contributed by atoms with Gasteiger partial charge in [-0.3, -0.25) is 9.59 Å². The third-order valence-electron chi connectivity index (χ3n) is 4.79. The highest BCUT2D eigenvalue weighted by Gasteiger charge is 2.28. The first kappa shape index (κ1) is 19.0. The summed E-state index contributed by atoms with van der Waals surface area (Å²) in [6.07, 6.45) is 1.20. The molecule has 0 aliphatic carbocycles. The van der Waals surface area contributed by atoms with Gasteiger partial charge in [0.1, 0.15) is 5.82 Å². The Bertz CT molecular complexity index is 797. The number of hydrogen-bond acceptors (Lipinski definition) is 3. The van der Waals surface area contributed by atoms with E-state index in [1.807, 2.05) is 18.2 Å². The maximum absolute atomic E-state index is 13.7. The van der Waals surface area contributed by atoms with Gasteiger partial charge in [-0.25, -0.2) is 4.39 Å². The molecule has 27 heavy (non-hydrogen) atoms. The standard InChI is InChI=1S/C21H24FN3O2/c22-19-9-5-4-8-16(19)12-17(23)13-20(26)25-11-10-18(14-25)24-21(27)15-6-2-1-3-7-15/h1-9,17-18H,10-14,23H2,(H,24,27)/t17-,18+/m1/s1. The van der Waals surface area contributed by atoms with E-state index in [2.05, 4.69) is 5.32 Å². The van der Waals surface area contributed by atoms with Gasteiger partial charge in [-0.1, -0.05) is 36.4 Å². The van der Waals surface area contributed by atoms with E-state index in [9.17, 15) is 14.0 Å². The van der Waals surface area contributed by atoms with E-state index < -0.39 is 6.04 Å². The van der Waals surface area contributed by atoms with Gasteiger partial charge in [0.05, 0.1) is 0 Å². The number of rotatable bonds is 6. The summed E-state index contributed by atoms with van der Waals surface area (Å²) in [6, 6.07) is 15.0. The first-order valence-electron chi connectivity index (χ1n) is 9.15. The van der Waals surface area contributed by atoms with Crippen molar-refractivity contribution in [2.75, 3.05) is 13.1 Å². The van der Waals surface area contributed by atoms with Crippen molar-refractivity contribution in [1.29, 1.82) is 0 Å². The number of nitrogens with one attached hydrogen (secondary N) is 1. The lowest BCUT2D eigenvalue weighted by Crippen LogP contribution is -2.40. The molecule has 142 valence electrons. The van der Waals surface area contributed by atoms with Crippen LogP contribution >= 0.6 is 0 Å². The molecule has 1 aliphatic heterocycles. The first-order valence-corrected chi connectivity index (χ1v) is 9.15. The van der Waals surface area contributed by atoms with E-state index in [1.165, 1.54) is 6.07 Å². The number of likely N-dealkylation sites (tertiary alicyclic amines) is 1. The van der Waals surface area contributed by atoms with Gasteiger partial charge >= 0.3 is 0 Å². The molecule has 2 amide bonds. The highest BCUT2D eigenvalue weighted by molar-refractivity contribution is 5.94. The second-order valence-corrected chi connectivity index (χ2v) is 6.92. The minimum Gasteiger partial charge on any atom is -0.347 e. The molecular formula is C21H24FN3O2. The lowest BCUT2D eigenvalue weighted by atomic mass is 10.0. The van der Waals surface area contributed by atoms with Gasteiger partial charge in [-0.15, -0.1) is 0 Å². The van der Waals surface area contributed by atoms with Crippen molar-refractivity contribution < 1.29 is 14.0 Å². The molecule has 2 aromatic rings. The van der Waals surface area contributed by atoms with E-state index in [0.717, 1.165) is 0 Å². The van der Waals surface area contributed by atoms with E-state index in [1.54, 1.807) is 35.2 Å². The van der Waals surface area contributed by atoms with Crippen molar-refractivity contribution >= 4 is 11.8 Å². The van der Waals surface area contributed by atoms with Crippen LogP contribution in [-0.2, 0) is 11.2 Å². The van der Waals surface area contributed by atoms with Crippen LogP contribution in [0.3, 0.4) is 0 Å². The Hall–Kier alpha value is -2.73. The molecule has 3 N–H and O–H groups in total. The molecule has 0 radical (unpaired) electrons. The molecule has 0 saturated carbocycles. The Balaban J connectivity index is 1.47. The molecular weight excluding hydrogens is 345 g/mol. The van der Waals surface area contributed by atoms with E-state index in [0.29, 0.717) is 37.1 Å². The lowest BCUT2D eigenvalue weighted by molar-refractivity contribution is -0.130. The van der Waals surface area contributed by atoms with Crippen molar-refractivity contribution in [2.24, 2.45) is 5.73 Å². The monoisotopic (exact) mass is 369 g/mol. The number of nitrogens with zero attached hydrogens (tertiary/aromatic N) is 1. The average molecular weight is 369 g/mol. The second-order valence-electron chi connectivity index (χ2n) is 6.92. The SMILES string of the molecule is N[C@@H](CC(=O)N1CC[C@H](NC(=O)c2ccccc2)C1)Cc1ccccc1F.